The summed E-state index contributed by atoms with van der Waals surface area (Å²) >= 11 is 7.57. The minimum absolute atomic E-state index is 0.0410. The van der Waals surface area contributed by atoms with Gasteiger partial charge >= 0.3 is 0 Å². The Balaban J connectivity index is 1.71. The number of thiazole rings is 1. The molecule has 24 heavy (non-hydrogen) atoms. The van der Waals surface area contributed by atoms with Crippen LogP contribution in [0.4, 0.5) is 0 Å². The van der Waals surface area contributed by atoms with Crippen molar-refractivity contribution in [1.82, 2.24) is 10.3 Å². The van der Waals surface area contributed by atoms with Crippen LogP contribution in [0.15, 0.2) is 24.3 Å². The lowest BCUT2D eigenvalue weighted by atomic mass is 10.1. The molecule has 1 amide bonds. The minimum Gasteiger partial charge on any atom is -0.347 e. The summed E-state index contributed by atoms with van der Waals surface area (Å²) in [5.41, 5.74) is 7.90. The van der Waals surface area contributed by atoms with E-state index in [4.69, 9.17) is 22.3 Å². The smallest absolute Gasteiger partial charge is 0.223 e. The van der Waals surface area contributed by atoms with Gasteiger partial charge in [-0.2, -0.15) is 0 Å². The van der Waals surface area contributed by atoms with Gasteiger partial charge in [0.15, 0.2) is 0 Å². The van der Waals surface area contributed by atoms with Crippen LogP contribution < -0.4 is 11.1 Å². The average Bonchev–Trinajstić information content (AvgIpc) is 3.14. The van der Waals surface area contributed by atoms with Gasteiger partial charge in [-0.05, 0) is 45.2 Å². The van der Waals surface area contributed by atoms with Gasteiger partial charge in [0.1, 0.15) is 5.01 Å². The number of nitrogens with one attached hydrogen (secondary N) is 1. The minimum atomic E-state index is -0.0981. The van der Waals surface area contributed by atoms with Crippen molar-refractivity contribution in [1.29, 1.82) is 0 Å². The molecule has 1 heterocycles. The van der Waals surface area contributed by atoms with Gasteiger partial charge in [0.2, 0.25) is 5.91 Å². The van der Waals surface area contributed by atoms with Crippen LogP contribution in [0.1, 0.15) is 42.1 Å². The lowest BCUT2D eigenvalue weighted by molar-refractivity contribution is -0.125. The largest absolute Gasteiger partial charge is 0.347 e. The number of halogens is 1. The van der Waals surface area contributed by atoms with Crippen LogP contribution in [0.25, 0.3) is 11.3 Å². The van der Waals surface area contributed by atoms with E-state index in [1.807, 2.05) is 31.2 Å². The summed E-state index contributed by atoms with van der Waals surface area (Å²) in [4.78, 5) is 18.2. The summed E-state index contributed by atoms with van der Waals surface area (Å²) in [6.45, 7) is 4.03. The van der Waals surface area contributed by atoms with Crippen molar-refractivity contribution in [2.75, 3.05) is 0 Å². The molecule has 0 saturated heterocycles. The van der Waals surface area contributed by atoms with Crippen molar-refractivity contribution >= 4 is 28.8 Å². The molecule has 1 saturated carbocycles. The molecule has 0 spiro atoms. The Morgan fingerprint density at radius 1 is 1.38 bits per heavy atom. The van der Waals surface area contributed by atoms with E-state index in [-0.39, 0.29) is 23.9 Å². The van der Waals surface area contributed by atoms with Crippen molar-refractivity contribution in [2.45, 2.75) is 45.2 Å². The van der Waals surface area contributed by atoms with Crippen molar-refractivity contribution in [3.63, 3.8) is 0 Å². The van der Waals surface area contributed by atoms with E-state index in [9.17, 15) is 4.79 Å². The first-order valence-electron chi connectivity index (χ1n) is 8.23. The third-order valence-electron chi connectivity index (χ3n) is 4.50. The Labute approximate surface area is 151 Å². The molecule has 0 aliphatic heterocycles. The molecule has 3 atom stereocenters. The molecule has 1 aromatic carbocycles. The SMILES string of the molecule is Cc1sc(C(C)NC(=O)C2CCC(N)C2)nc1-c1ccc(Cl)cc1. The number of aromatic nitrogens is 1. The highest BCUT2D eigenvalue weighted by molar-refractivity contribution is 7.12. The summed E-state index contributed by atoms with van der Waals surface area (Å²) in [5.74, 6) is 0.135. The summed E-state index contributed by atoms with van der Waals surface area (Å²) in [6.07, 6.45) is 2.60. The quantitative estimate of drug-likeness (QED) is 0.860. The Hall–Kier alpha value is -1.43. The molecule has 2 aromatic rings. The first-order valence-corrected chi connectivity index (χ1v) is 9.42. The van der Waals surface area contributed by atoms with Crippen LogP contribution in [-0.4, -0.2) is 16.9 Å². The van der Waals surface area contributed by atoms with Crippen LogP contribution in [0.3, 0.4) is 0 Å². The standard InChI is InChI=1S/C18H22ClN3OS/c1-10(21-17(23)13-5-8-15(20)9-13)18-22-16(11(2)24-18)12-3-6-14(19)7-4-12/h3-4,6-7,10,13,15H,5,8-9,20H2,1-2H3,(H,21,23). The predicted octanol–water partition coefficient (Wildman–Crippen LogP) is 4.08. The van der Waals surface area contributed by atoms with Crippen LogP contribution in [0, 0.1) is 12.8 Å². The van der Waals surface area contributed by atoms with E-state index in [0.717, 1.165) is 40.4 Å². The molecular weight excluding hydrogens is 342 g/mol. The molecule has 1 aliphatic rings. The maximum atomic E-state index is 12.4. The Morgan fingerprint density at radius 3 is 2.71 bits per heavy atom. The number of nitrogens with zero attached hydrogens (tertiary/aromatic N) is 1. The number of hydrogen-bond acceptors (Lipinski definition) is 4. The third kappa shape index (κ3) is 3.79. The molecule has 6 heteroatoms. The Morgan fingerprint density at radius 2 is 2.08 bits per heavy atom. The van der Waals surface area contributed by atoms with Crippen molar-refractivity contribution in [3.8, 4) is 11.3 Å². The summed E-state index contributed by atoms with van der Waals surface area (Å²) in [7, 11) is 0. The third-order valence-corrected chi connectivity index (χ3v) is 5.91. The van der Waals surface area contributed by atoms with Gasteiger partial charge in [0.05, 0.1) is 11.7 Å². The monoisotopic (exact) mass is 363 g/mol. The van der Waals surface area contributed by atoms with Crippen molar-refractivity contribution in [3.05, 3.63) is 39.2 Å². The van der Waals surface area contributed by atoms with Gasteiger partial charge < -0.3 is 11.1 Å². The summed E-state index contributed by atoms with van der Waals surface area (Å²) in [6, 6.07) is 7.73. The zero-order chi connectivity index (χ0) is 17.3. The summed E-state index contributed by atoms with van der Waals surface area (Å²) in [5, 5.41) is 4.73. The zero-order valence-electron chi connectivity index (χ0n) is 13.9. The van der Waals surface area contributed by atoms with Crippen molar-refractivity contribution < 1.29 is 4.79 Å². The van der Waals surface area contributed by atoms with Gasteiger partial charge in [0.25, 0.3) is 0 Å². The molecule has 0 radical (unpaired) electrons. The molecular formula is C18H22ClN3OS. The number of nitrogens with two attached hydrogens (primary N) is 1. The molecule has 128 valence electrons. The van der Waals surface area contributed by atoms with Gasteiger partial charge in [-0.3, -0.25) is 4.79 Å². The highest BCUT2D eigenvalue weighted by Gasteiger charge is 2.29. The molecule has 3 unspecified atom stereocenters. The highest BCUT2D eigenvalue weighted by atomic mass is 35.5. The van der Waals surface area contributed by atoms with E-state index in [1.165, 1.54) is 0 Å². The number of aryl methyl sites for hydroxylation is 1. The van der Waals surface area contributed by atoms with Gasteiger partial charge in [-0.1, -0.05) is 23.7 Å². The molecule has 1 fully saturated rings. The lowest BCUT2D eigenvalue weighted by Gasteiger charge is -2.15. The van der Waals surface area contributed by atoms with E-state index in [2.05, 4.69) is 12.2 Å². The highest BCUT2D eigenvalue weighted by Crippen LogP contribution is 2.32. The lowest BCUT2D eigenvalue weighted by Crippen LogP contribution is -2.32. The van der Waals surface area contributed by atoms with E-state index in [0.29, 0.717) is 5.02 Å². The second-order valence-electron chi connectivity index (χ2n) is 6.46. The first kappa shape index (κ1) is 17.4. The Kier molecular flexibility index (Phi) is 5.23. The molecule has 1 aromatic heterocycles. The zero-order valence-corrected chi connectivity index (χ0v) is 15.5. The molecule has 3 N–H and O–H groups in total. The van der Waals surface area contributed by atoms with E-state index >= 15 is 0 Å². The second kappa shape index (κ2) is 7.21. The first-order chi connectivity index (χ1) is 11.4. The average molecular weight is 364 g/mol. The van der Waals surface area contributed by atoms with Crippen molar-refractivity contribution in [2.24, 2.45) is 11.7 Å². The number of rotatable bonds is 4. The fraction of sp³-hybridized carbons (Fsp3) is 0.444. The van der Waals surface area contributed by atoms with Crippen LogP contribution in [0.5, 0.6) is 0 Å². The normalized spacial score (nSPS) is 21.7. The maximum absolute atomic E-state index is 12.4. The van der Waals surface area contributed by atoms with E-state index in [1.54, 1.807) is 11.3 Å². The number of carbonyl (C=O) groups is 1. The predicted molar refractivity (Wildman–Crippen MR) is 99.2 cm³/mol. The van der Waals surface area contributed by atoms with Gasteiger partial charge in [0, 0.05) is 27.4 Å². The van der Waals surface area contributed by atoms with Crippen LogP contribution in [-0.2, 0) is 4.79 Å². The number of carbonyl (C=O) groups excluding carboxylic acids is 1. The maximum Gasteiger partial charge on any atom is 0.223 e. The fourth-order valence-electron chi connectivity index (χ4n) is 3.13. The second-order valence-corrected chi connectivity index (χ2v) is 8.14. The fourth-order valence-corrected chi connectivity index (χ4v) is 4.20. The molecule has 1 aliphatic carbocycles. The van der Waals surface area contributed by atoms with Gasteiger partial charge in [-0.15, -0.1) is 11.3 Å². The molecule has 3 rings (SSSR count). The number of hydrogen-bond donors (Lipinski definition) is 2. The van der Waals surface area contributed by atoms with E-state index < -0.39 is 0 Å². The molecule has 0 bridgehead atoms. The summed E-state index contributed by atoms with van der Waals surface area (Å²) < 4.78 is 0. The number of benzene rings is 1. The van der Waals surface area contributed by atoms with Crippen LogP contribution in [0.2, 0.25) is 5.02 Å². The number of amides is 1. The Bertz CT molecular complexity index is 728. The van der Waals surface area contributed by atoms with Gasteiger partial charge in [-0.25, -0.2) is 4.98 Å². The molecule has 4 nitrogen and oxygen atoms in total. The topological polar surface area (TPSA) is 68.0 Å². The van der Waals surface area contributed by atoms with Crippen LogP contribution >= 0.6 is 22.9 Å².